The summed E-state index contributed by atoms with van der Waals surface area (Å²) in [7, 11) is 0. The third kappa shape index (κ3) is 4.08. The Morgan fingerprint density at radius 3 is 2.95 bits per heavy atom. The highest BCUT2D eigenvalue weighted by Gasteiger charge is 2.16. The Morgan fingerprint density at radius 1 is 1.55 bits per heavy atom. The Hall–Kier alpha value is -1.84. The number of hydrogen-bond acceptors (Lipinski definition) is 4. The molecule has 20 heavy (non-hydrogen) atoms. The van der Waals surface area contributed by atoms with Crippen LogP contribution in [0.25, 0.3) is 0 Å². The second-order valence-electron chi connectivity index (χ2n) is 5.10. The van der Waals surface area contributed by atoms with Gasteiger partial charge in [-0.05, 0) is 31.9 Å². The van der Waals surface area contributed by atoms with E-state index in [1.807, 2.05) is 6.07 Å². The lowest BCUT2D eigenvalue weighted by Gasteiger charge is -2.29. The number of H-pyrrole nitrogens is 1. The van der Waals surface area contributed by atoms with Gasteiger partial charge >= 0.3 is 0 Å². The van der Waals surface area contributed by atoms with Crippen molar-refractivity contribution in [3.05, 3.63) is 23.5 Å². The van der Waals surface area contributed by atoms with Crippen LogP contribution in [0.4, 0.5) is 0 Å². The lowest BCUT2D eigenvalue weighted by atomic mass is 10.1. The van der Waals surface area contributed by atoms with Crippen molar-refractivity contribution in [3.8, 4) is 6.07 Å². The van der Waals surface area contributed by atoms with Gasteiger partial charge in [0.1, 0.15) is 11.8 Å². The molecule has 2 rings (SSSR count). The van der Waals surface area contributed by atoms with Gasteiger partial charge in [0.25, 0.3) is 5.91 Å². The highest BCUT2D eigenvalue weighted by Crippen LogP contribution is 2.09. The fourth-order valence-corrected chi connectivity index (χ4v) is 2.33. The van der Waals surface area contributed by atoms with Crippen molar-refractivity contribution in [2.75, 3.05) is 26.2 Å². The highest BCUT2D eigenvalue weighted by atomic mass is 16.3. The normalized spacial score (nSPS) is 16.8. The van der Waals surface area contributed by atoms with E-state index in [9.17, 15) is 9.90 Å². The average Bonchev–Trinajstić information content (AvgIpc) is 2.94. The maximum atomic E-state index is 11.8. The molecule has 1 aromatic heterocycles. The van der Waals surface area contributed by atoms with Gasteiger partial charge in [0, 0.05) is 25.8 Å². The average molecular weight is 276 g/mol. The predicted molar refractivity (Wildman–Crippen MR) is 74.1 cm³/mol. The summed E-state index contributed by atoms with van der Waals surface area (Å²) in [4.78, 5) is 16.9. The minimum Gasteiger partial charge on any atom is -0.393 e. The van der Waals surface area contributed by atoms with Crippen LogP contribution < -0.4 is 5.32 Å². The van der Waals surface area contributed by atoms with Gasteiger partial charge in [0.05, 0.1) is 11.7 Å². The zero-order chi connectivity index (χ0) is 14.4. The van der Waals surface area contributed by atoms with Gasteiger partial charge in [-0.1, -0.05) is 0 Å². The van der Waals surface area contributed by atoms with Crippen LogP contribution in [-0.4, -0.2) is 53.2 Å². The number of aromatic nitrogens is 1. The molecule has 0 aromatic carbocycles. The van der Waals surface area contributed by atoms with Gasteiger partial charge in [-0.3, -0.25) is 4.79 Å². The molecule has 108 valence electrons. The first-order valence-electron chi connectivity index (χ1n) is 6.96. The van der Waals surface area contributed by atoms with Crippen molar-refractivity contribution < 1.29 is 9.90 Å². The van der Waals surface area contributed by atoms with E-state index in [0.29, 0.717) is 17.8 Å². The van der Waals surface area contributed by atoms with Crippen molar-refractivity contribution in [2.45, 2.75) is 25.4 Å². The summed E-state index contributed by atoms with van der Waals surface area (Å²) < 4.78 is 0. The molecule has 1 aliphatic rings. The highest BCUT2D eigenvalue weighted by molar-refractivity contribution is 5.92. The molecule has 1 aliphatic heterocycles. The smallest absolute Gasteiger partial charge is 0.267 e. The Labute approximate surface area is 118 Å². The molecular weight excluding hydrogens is 256 g/mol. The minimum atomic E-state index is -0.180. The van der Waals surface area contributed by atoms with Gasteiger partial charge in [0.2, 0.25) is 0 Å². The van der Waals surface area contributed by atoms with Gasteiger partial charge in [0.15, 0.2) is 0 Å². The van der Waals surface area contributed by atoms with Gasteiger partial charge in [-0.15, -0.1) is 0 Å². The molecule has 1 saturated heterocycles. The standard InChI is InChI=1S/C14H20N4O2/c15-9-11-8-13(17-10-11)14(20)16-4-1-5-18-6-2-12(19)3-7-18/h8,10,12,17,19H,1-7H2,(H,16,20). The molecule has 0 bridgehead atoms. The molecule has 0 spiro atoms. The van der Waals surface area contributed by atoms with E-state index in [-0.39, 0.29) is 12.0 Å². The van der Waals surface area contributed by atoms with Crippen LogP contribution in [-0.2, 0) is 0 Å². The molecule has 6 heteroatoms. The first kappa shape index (κ1) is 14.6. The number of carbonyl (C=O) groups is 1. The van der Waals surface area contributed by atoms with E-state index in [2.05, 4.69) is 15.2 Å². The molecular formula is C14H20N4O2. The van der Waals surface area contributed by atoms with Crippen LogP contribution in [0.1, 0.15) is 35.3 Å². The fraction of sp³-hybridized carbons (Fsp3) is 0.571. The van der Waals surface area contributed by atoms with Crippen molar-refractivity contribution in [1.29, 1.82) is 5.26 Å². The number of aliphatic hydroxyl groups is 1. The number of aliphatic hydroxyl groups excluding tert-OH is 1. The third-order valence-corrected chi connectivity index (χ3v) is 3.55. The number of rotatable bonds is 5. The molecule has 0 unspecified atom stereocenters. The van der Waals surface area contributed by atoms with Gasteiger partial charge in [-0.2, -0.15) is 5.26 Å². The van der Waals surface area contributed by atoms with E-state index in [1.165, 1.54) is 6.20 Å². The number of carbonyl (C=O) groups excluding carboxylic acids is 1. The van der Waals surface area contributed by atoms with Gasteiger partial charge < -0.3 is 20.3 Å². The maximum Gasteiger partial charge on any atom is 0.267 e. The first-order chi connectivity index (χ1) is 9.69. The van der Waals surface area contributed by atoms with Crippen LogP contribution >= 0.6 is 0 Å². The van der Waals surface area contributed by atoms with E-state index >= 15 is 0 Å². The maximum absolute atomic E-state index is 11.8. The number of nitrogens with one attached hydrogen (secondary N) is 2. The molecule has 1 aromatic rings. The largest absolute Gasteiger partial charge is 0.393 e. The number of piperidine rings is 1. The minimum absolute atomic E-state index is 0.145. The van der Waals surface area contributed by atoms with E-state index < -0.39 is 0 Å². The number of nitriles is 1. The Balaban J connectivity index is 1.63. The summed E-state index contributed by atoms with van der Waals surface area (Å²) in [5.74, 6) is -0.180. The summed E-state index contributed by atoms with van der Waals surface area (Å²) in [6.07, 6.45) is 3.94. The Morgan fingerprint density at radius 2 is 2.30 bits per heavy atom. The number of aromatic amines is 1. The summed E-state index contributed by atoms with van der Waals surface area (Å²) in [5, 5.41) is 20.9. The number of hydrogen-bond donors (Lipinski definition) is 3. The summed E-state index contributed by atoms with van der Waals surface area (Å²) in [6, 6.07) is 3.52. The molecule has 3 N–H and O–H groups in total. The molecule has 1 fully saturated rings. The van der Waals surface area contributed by atoms with Crippen LogP contribution in [0, 0.1) is 11.3 Å². The SMILES string of the molecule is N#Cc1c[nH]c(C(=O)NCCCN2CCC(O)CC2)c1. The van der Waals surface area contributed by atoms with E-state index in [4.69, 9.17) is 5.26 Å². The predicted octanol–water partition coefficient (Wildman–Crippen LogP) is 0.463. The summed E-state index contributed by atoms with van der Waals surface area (Å²) >= 11 is 0. The van der Waals surface area contributed by atoms with Crippen LogP contribution in [0.5, 0.6) is 0 Å². The first-order valence-corrected chi connectivity index (χ1v) is 6.96. The molecule has 1 amide bonds. The molecule has 0 radical (unpaired) electrons. The van der Waals surface area contributed by atoms with Crippen molar-refractivity contribution in [2.24, 2.45) is 0 Å². The zero-order valence-corrected chi connectivity index (χ0v) is 11.4. The van der Waals surface area contributed by atoms with Crippen molar-refractivity contribution in [3.63, 3.8) is 0 Å². The van der Waals surface area contributed by atoms with Crippen molar-refractivity contribution >= 4 is 5.91 Å². The van der Waals surface area contributed by atoms with E-state index in [1.54, 1.807) is 6.07 Å². The lowest BCUT2D eigenvalue weighted by Crippen LogP contribution is -2.37. The molecule has 2 heterocycles. The number of nitrogens with zero attached hydrogens (tertiary/aromatic N) is 2. The van der Waals surface area contributed by atoms with Gasteiger partial charge in [-0.25, -0.2) is 0 Å². The molecule has 6 nitrogen and oxygen atoms in total. The lowest BCUT2D eigenvalue weighted by molar-refractivity contribution is 0.0816. The monoisotopic (exact) mass is 276 g/mol. The molecule has 0 atom stereocenters. The quantitative estimate of drug-likeness (QED) is 0.681. The number of likely N-dealkylation sites (tertiary alicyclic amines) is 1. The fourth-order valence-electron chi connectivity index (χ4n) is 2.33. The summed E-state index contributed by atoms with van der Waals surface area (Å²) in [6.45, 7) is 3.40. The van der Waals surface area contributed by atoms with Crippen LogP contribution in [0.15, 0.2) is 12.3 Å². The zero-order valence-electron chi connectivity index (χ0n) is 11.4. The topological polar surface area (TPSA) is 92.1 Å². The number of amides is 1. The van der Waals surface area contributed by atoms with E-state index in [0.717, 1.165) is 38.9 Å². The Kier molecular flexibility index (Phi) is 5.16. The van der Waals surface area contributed by atoms with Crippen LogP contribution in [0.2, 0.25) is 0 Å². The van der Waals surface area contributed by atoms with Crippen LogP contribution in [0.3, 0.4) is 0 Å². The Bertz CT molecular complexity index is 484. The third-order valence-electron chi connectivity index (χ3n) is 3.55. The second kappa shape index (κ2) is 7.08. The summed E-state index contributed by atoms with van der Waals surface area (Å²) in [5.41, 5.74) is 0.879. The second-order valence-corrected chi connectivity index (χ2v) is 5.10. The molecule has 0 saturated carbocycles. The van der Waals surface area contributed by atoms with Crippen molar-refractivity contribution in [1.82, 2.24) is 15.2 Å². The molecule has 0 aliphatic carbocycles.